The van der Waals surface area contributed by atoms with Gasteiger partial charge >= 0.3 is 12.2 Å². The lowest BCUT2D eigenvalue weighted by molar-refractivity contribution is -0.186. The van der Waals surface area contributed by atoms with E-state index in [1.807, 2.05) is 0 Å². The Morgan fingerprint density at radius 3 is 0.944 bits per heavy atom. The molecule has 2 fully saturated rings. The number of benzene rings is 4. The molecule has 12 heteroatoms. The lowest BCUT2D eigenvalue weighted by Crippen LogP contribution is -2.22. The molecule has 402 valence electrons. The minimum atomic E-state index is -3.80. The van der Waals surface area contributed by atoms with E-state index in [0.717, 1.165) is 48.6 Å². The first-order chi connectivity index (χ1) is 34.1. The first kappa shape index (κ1) is 60.3. The van der Waals surface area contributed by atoms with E-state index in [1.165, 1.54) is 172 Å². The normalized spacial score (nSPS) is 18.2. The number of halogens is 10. The van der Waals surface area contributed by atoms with Gasteiger partial charge in [0.2, 0.25) is 0 Å². The number of rotatable bonds is 27. The second-order valence-corrected chi connectivity index (χ2v) is 20.4. The number of alkyl halides is 4. The molecule has 0 aromatic heterocycles. The van der Waals surface area contributed by atoms with Crippen molar-refractivity contribution in [2.45, 2.75) is 207 Å². The molecular formula is C60H80F10O2. The first-order valence-electron chi connectivity index (χ1n) is 26.7. The molecule has 0 amide bonds. The van der Waals surface area contributed by atoms with Gasteiger partial charge in [0.05, 0.1) is 11.1 Å². The molecule has 0 aliphatic heterocycles. The van der Waals surface area contributed by atoms with Gasteiger partial charge in [-0.15, -0.1) is 0 Å². The van der Waals surface area contributed by atoms with Crippen LogP contribution in [-0.4, -0.2) is 0 Å². The Balaban J connectivity index is 0.000000308. The van der Waals surface area contributed by atoms with Crippen LogP contribution in [0.3, 0.4) is 0 Å². The topological polar surface area (TPSA) is 18.5 Å². The molecule has 0 atom stereocenters. The van der Waals surface area contributed by atoms with E-state index in [2.05, 4.69) is 23.3 Å². The van der Waals surface area contributed by atoms with E-state index >= 15 is 0 Å². The van der Waals surface area contributed by atoms with Gasteiger partial charge in [0.25, 0.3) is 0 Å². The van der Waals surface area contributed by atoms with Gasteiger partial charge in [0.15, 0.2) is 34.9 Å². The van der Waals surface area contributed by atoms with Crippen molar-refractivity contribution in [2.24, 2.45) is 23.7 Å². The van der Waals surface area contributed by atoms with Crippen LogP contribution in [0.15, 0.2) is 72.8 Å². The largest absolute Gasteiger partial charge is 0.429 e. The summed E-state index contributed by atoms with van der Waals surface area (Å²) in [5.41, 5.74) is 1.08. The zero-order chi connectivity index (χ0) is 51.2. The van der Waals surface area contributed by atoms with Crippen LogP contribution in [0, 0.1) is 58.6 Å². The second kappa shape index (κ2) is 30.9. The van der Waals surface area contributed by atoms with Crippen molar-refractivity contribution in [3.8, 4) is 11.5 Å². The van der Waals surface area contributed by atoms with Crippen molar-refractivity contribution >= 4 is 0 Å². The van der Waals surface area contributed by atoms with E-state index in [0.29, 0.717) is 36.1 Å². The summed E-state index contributed by atoms with van der Waals surface area (Å²) >= 11 is 0. The van der Waals surface area contributed by atoms with Crippen LogP contribution >= 0.6 is 0 Å². The molecular weight excluding hydrogens is 943 g/mol. The summed E-state index contributed by atoms with van der Waals surface area (Å²) in [4.78, 5) is 0. The molecule has 0 heterocycles. The molecule has 4 aromatic rings. The first-order valence-corrected chi connectivity index (χ1v) is 26.7. The Morgan fingerprint density at radius 2 is 0.653 bits per heavy atom. The predicted octanol–water partition coefficient (Wildman–Crippen LogP) is 20.5. The van der Waals surface area contributed by atoms with Crippen LogP contribution in [-0.2, 0) is 25.1 Å². The highest BCUT2D eigenvalue weighted by Gasteiger charge is 2.36. The molecule has 0 spiro atoms. The minimum absolute atomic E-state index is 0. The number of hydrogen-bond donors (Lipinski definition) is 0. The molecule has 0 saturated heterocycles. The predicted molar refractivity (Wildman–Crippen MR) is 269 cm³/mol. The lowest BCUT2D eigenvalue weighted by Gasteiger charge is -2.28. The third kappa shape index (κ3) is 20.2. The standard InChI is InChI=1S/C30H39F5O.C29H37F5O.CH4/c1-2-3-4-5-6-7-8-9-22-10-12-23(13-11-22)14-15-24-16-18-25(19-17-24)30(34,35)36-26-20-27(31)29(33)28(32)21-26;1-2-3-4-5-6-7-8-21-9-11-22(12-10-21)13-14-23-15-17-24(18-16-23)29(33,34)35-25-19-26(30)28(32)27(31)20-25;/h16-23H,2-15H2,1H3;15-22H,2-14H2,1H3;1H4. The monoisotopic (exact) mass is 1020 g/mol. The van der Waals surface area contributed by atoms with Crippen LogP contribution < -0.4 is 9.47 Å². The van der Waals surface area contributed by atoms with E-state index < -0.39 is 69.7 Å². The van der Waals surface area contributed by atoms with E-state index in [-0.39, 0.29) is 7.43 Å². The Morgan fingerprint density at radius 1 is 0.389 bits per heavy atom. The maximum absolute atomic E-state index is 14.5. The van der Waals surface area contributed by atoms with Crippen LogP contribution in [0.2, 0.25) is 0 Å². The van der Waals surface area contributed by atoms with Gasteiger partial charge in [0.1, 0.15) is 11.5 Å². The molecule has 2 saturated carbocycles. The van der Waals surface area contributed by atoms with Gasteiger partial charge in [-0.3, -0.25) is 0 Å². The average Bonchev–Trinajstić information content (AvgIpc) is 3.35. The number of unbranched alkanes of at least 4 members (excludes halogenated alkanes) is 11. The highest BCUT2D eigenvalue weighted by atomic mass is 19.3. The number of ether oxygens (including phenoxy) is 2. The molecule has 72 heavy (non-hydrogen) atoms. The van der Waals surface area contributed by atoms with Crippen molar-refractivity contribution in [1.82, 2.24) is 0 Å². The summed E-state index contributed by atoms with van der Waals surface area (Å²) < 4.78 is 146. The average molecular weight is 1020 g/mol. The van der Waals surface area contributed by atoms with Crippen LogP contribution in [0.1, 0.15) is 204 Å². The summed E-state index contributed by atoms with van der Waals surface area (Å²) in [6.45, 7) is 4.49. The fourth-order valence-corrected chi connectivity index (χ4v) is 10.3. The van der Waals surface area contributed by atoms with Gasteiger partial charge in [-0.25, -0.2) is 26.3 Å². The molecule has 2 aliphatic rings. The SMILES string of the molecule is C.CCCCCCCCC1CCC(CCc2ccc(C(F)(F)Oc3cc(F)c(F)c(F)c3)cc2)CC1.CCCCCCCCCC1CCC(CCc2ccc(C(F)(F)Oc3cc(F)c(F)c(F)c3)cc2)CC1. The fraction of sp³-hybridized carbons (Fsp3) is 0.600. The summed E-state index contributed by atoms with van der Waals surface area (Å²) in [7, 11) is 0. The zero-order valence-corrected chi connectivity index (χ0v) is 41.9. The van der Waals surface area contributed by atoms with E-state index in [9.17, 15) is 43.9 Å². The number of aryl methyl sites for hydroxylation is 2. The molecule has 0 bridgehead atoms. The maximum Gasteiger partial charge on any atom is 0.426 e. The molecule has 6 rings (SSSR count). The second-order valence-electron chi connectivity index (χ2n) is 20.4. The molecule has 0 unspecified atom stereocenters. The quantitative estimate of drug-likeness (QED) is 0.0337. The molecule has 4 aromatic carbocycles. The van der Waals surface area contributed by atoms with Crippen LogP contribution in [0.4, 0.5) is 43.9 Å². The third-order valence-corrected chi connectivity index (χ3v) is 14.8. The highest BCUT2D eigenvalue weighted by Crippen LogP contribution is 2.38. The van der Waals surface area contributed by atoms with Crippen molar-refractivity contribution in [1.29, 1.82) is 0 Å². The molecule has 2 nitrogen and oxygen atoms in total. The van der Waals surface area contributed by atoms with Gasteiger partial charge in [-0.2, -0.15) is 17.6 Å². The number of hydrogen-bond acceptors (Lipinski definition) is 2. The molecule has 2 aliphatic carbocycles. The Hall–Kier alpha value is -4.22. The molecule has 0 radical (unpaired) electrons. The highest BCUT2D eigenvalue weighted by molar-refractivity contribution is 5.31. The van der Waals surface area contributed by atoms with Crippen molar-refractivity contribution in [2.75, 3.05) is 0 Å². The third-order valence-electron chi connectivity index (χ3n) is 14.8. The van der Waals surface area contributed by atoms with E-state index in [4.69, 9.17) is 0 Å². The fourth-order valence-electron chi connectivity index (χ4n) is 10.3. The zero-order valence-electron chi connectivity index (χ0n) is 41.9. The van der Waals surface area contributed by atoms with Crippen LogP contribution in [0.5, 0.6) is 11.5 Å². The summed E-state index contributed by atoms with van der Waals surface area (Å²) in [6, 6.07) is 13.3. The summed E-state index contributed by atoms with van der Waals surface area (Å²) in [5, 5.41) is 0. The Kier molecular flexibility index (Phi) is 25.9. The van der Waals surface area contributed by atoms with E-state index in [1.54, 1.807) is 24.3 Å². The van der Waals surface area contributed by atoms with Gasteiger partial charge in [-0.05, 0) is 84.7 Å². The van der Waals surface area contributed by atoms with Crippen LogP contribution in [0.25, 0.3) is 0 Å². The smallest absolute Gasteiger partial charge is 0.426 e. The van der Waals surface area contributed by atoms with Crippen molar-refractivity contribution < 1.29 is 53.4 Å². The van der Waals surface area contributed by atoms with Gasteiger partial charge < -0.3 is 9.47 Å². The van der Waals surface area contributed by atoms with Gasteiger partial charge in [0, 0.05) is 24.3 Å². The Bertz CT molecular complexity index is 2080. The Labute approximate surface area is 424 Å². The summed E-state index contributed by atoms with van der Waals surface area (Å²) in [5.74, 6) is -8.23. The maximum atomic E-state index is 14.5. The van der Waals surface area contributed by atoms with Crippen molar-refractivity contribution in [3.05, 3.63) is 130 Å². The molecule has 0 N–H and O–H groups in total. The van der Waals surface area contributed by atoms with Gasteiger partial charge in [-0.1, -0.05) is 193 Å². The lowest BCUT2D eigenvalue weighted by atomic mass is 9.77. The summed E-state index contributed by atoms with van der Waals surface area (Å²) in [6.07, 6.45) is 26.6. The van der Waals surface area contributed by atoms with Crippen molar-refractivity contribution in [3.63, 3.8) is 0 Å². The minimum Gasteiger partial charge on any atom is -0.429 e.